The number of hydrogen-bond acceptors (Lipinski definition) is 3. The summed E-state index contributed by atoms with van der Waals surface area (Å²) in [7, 11) is 0. The molecule has 0 heterocycles. The Hall–Kier alpha value is -2.91. The topological polar surface area (TPSA) is 46.5 Å². The maximum atomic E-state index is 12.7. The van der Waals surface area contributed by atoms with Gasteiger partial charge in [0.2, 0.25) is 0 Å². The van der Waals surface area contributed by atoms with Gasteiger partial charge < -0.3 is 9.84 Å². The van der Waals surface area contributed by atoms with Crippen LogP contribution in [-0.2, 0) is 9.53 Å². The van der Waals surface area contributed by atoms with Gasteiger partial charge in [0.25, 0.3) is 0 Å². The number of allylic oxidation sites excluding steroid dienone is 4. The lowest BCUT2D eigenvalue weighted by Gasteiger charge is -2.18. The second kappa shape index (κ2) is 15.0. The van der Waals surface area contributed by atoms with E-state index in [1.165, 1.54) is 18.4 Å². The minimum absolute atomic E-state index is 0.125. The molecule has 176 valence electrons. The van der Waals surface area contributed by atoms with Crippen molar-refractivity contribution in [2.75, 3.05) is 6.61 Å². The van der Waals surface area contributed by atoms with Gasteiger partial charge >= 0.3 is 5.97 Å². The van der Waals surface area contributed by atoms with Crippen LogP contribution >= 0.6 is 0 Å². The molecule has 0 aliphatic heterocycles. The third-order valence-electron chi connectivity index (χ3n) is 5.52. The van der Waals surface area contributed by atoms with Crippen LogP contribution in [-0.4, -0.2) is 17.7 Å². The number of carbonyl (C=O) groups excluding carboxylic acids is 1. The maximum absolute atomic E-state index is 12.7. The molecule has 0 unspecified atom stereocenters. The Morgan fingerprint density at radius 1 is 0.909 bits per heavy atom. The van der Waals surface area contributed by atoms with Crippen molar-refractivity contribution in [3.05, 3.63) is 107 Å². The summed E-state index contributed by atoms with van der Waals surface area (Å²) in [5.74, 6) is 0.265. The van der Waals surface area contributed by atoms with Gasteiger partial charge in [-0.05, 0) is 55.7 Å². The number of benzene rings is 2. The molecule has 0 amide bonds. The zero-order valence-electron chi connectivity index (χ0n) is 20.2. The Kier molecular flexibility index (Phi) is 12.0. The van der Waals surface area contributed by atoms with Crippen LogP contribution < -0.4 is 0 Å². The fourth-order valence-electron chi connectivity index (χ4n) is 4.01. The predicted molar refractivity (Wildman–Crippen MR) is 137 cm³/mol. The van der Waals surface area contributed by atoms with Gasteiger partial charge in [-0.15, -0.1) is 0 Å². The van der Waals surface area contributed by atoms with Gasteiger partial charge in [0, 0.05) is 6.08 Å². The number of esters is 1. The highest BCUT2D eigenvalue weighted by Gasteiger charge is 2.17. The van der Waals surface area contributed by atoms with Crippen LogP contribution in [0.5, 0.6) is 0 Å². The Bertz CT molecular complexity index is 871. The first-order valence-corrected chi connectivity index (χ1v) is 11.9. The standard InChI is InChI=1S/C30H38O3/c1-24(15-9-5-4-6-14-20-31)21-25(2)22-26(3)23-29(32)33-30(27-16-10-7-11-17-27)28-18-12-8-13-19-28/h6-8,10-14,16-19,22-24,30-31H,4-5,9,15,20-21H2,1-3H3/b14-6-,25-22+,26-23+/t24-/m1/s1. The third kappa shape index (κ3) is 10.5. The monoisotopic (exact) mass is 446 g/mol. The summed E-state index contributed by atoms with van der Waals surface area (Å²) in [5, 5.41) is 8.76. The smallest absolute Gasteiger partial charge is 0.331 e. The number of rotatable bonds is 13. The highest BCUT2D eigenvalue weighted by Crippen LogP contribution is 2.26. The van der Waals surface area contributed by atoms with E-state index in [2.05, 4.69) is 19.9 Å². The van der Waals surface area contributed by atoms with E-state index >= 15 is 0 Å². The molecule has 0 saturated heterocycles. The first-order valence-electron chi connectivity index (χ1n) is 11.9. The van der Waals surface area contributed by atoms with Crippen molar-refractivity contribution in [2.45, 2.75) is 59.0 Å². The van der Waals surface area contributed by atoms with Crippen LogP contribution in [0.2, 0.25) is 0 Å². The van der Waals surface area contributed by atoms with Crippen molar-refractivity contribution >= 4 is 5.97 Å². The lowest BCUT2D eigenvalue weighted by atomic mass is 9.95. The molecule has 33 heavy (non-hydrogen) atoms. The van der Waals surface area contributed by atoms with E-state index in [9.17, 15) is 4.79 Å². The van der Waals surface area contributed by atoms with Gasteiger partial charge in [0.15, 0.2) is 6.10 Å². The van der Waals surface area contributed by atoms with Gasteiger partial charge in [-0.25, -0.2) is 4.79 Å². The van der Waals surface area contributed by atoms with Crippen LogP contribution in [0.3, 0.4) is 0 Å². The molecule has 0 aliphatic carbocycles. The quantitative estimate of drug-likeness (QED) is 0.115. The number of unbranched alkanes of at least 4 members (excludes halogenated alkanes) is 2. The van der Waals surface area contributed by atoms with Crippen molar-refractivity contribution in [1.29, 1.82) is 0 Å². The summed E-state index contributed by atoms with van der Waals surface area (Å²) in [6.07, 6.45) is 12.6. The lowest BCUT2D eigenvalue weighted by Crippen LogP contribution is -2.11. The van der Waals surface area contributed by atoms with Gasteiger partial charge in [0.1, 0.15) is 0 Å². The van der Waals surface area contributed by atoms with Gasteiger partial charge in [0.05, 0.1) is 6.61 Å². The van der Waals surface area contributed by atoms with E-state index in [0.717, 1.165) is 36.0 Å². The zero-order valence-corrected chi connectivity index (χ0v) is 20.2. The molecule has 0 spiro atoms. The average Bonchev–Trinajstić information content (AvgIpc) is 2.80. The van der Waals surface area contributed by atoms with Gasteiger partial charge in [-0.3, -0.25) is 0 Å². The molecule has 2 rings (SSSR count). The van der Waals surface area contributed by atoms with E-state index in [1.807, 2.05) is 73.7 Å². The Balaban J connectivity index is 1.93. The summed E-state index contributed by atoms with van der Waals surface area (Å²) in [5.41, 5.74) is 4.08. The molecule has 3 heteroatoms. The summed E-state index contributed by atoms with van der Waals surface area (Å²) < 4.78 is 5.88. The normalized spacial score (nSPS) is 13.5. The van der Waals surface area contributed by atoms with Crippen LogP contribution in [0.4, 0.5) is 0 Å². The van der Waals surface area contributed by atoms with Gasteiger partial charge in [-0.2, -0.15) is 0 Å². The summed E-state index contributed by atoms with van der Waals surface area (Å²) in [6.45, 7) is 6.47. The van der Waals surface area contributed by atoms with Crippen molar-refractivity contribution in [2.24, 2.45) is 5.92 Å². The first kappa shape index (κ1) is 26.3. The number of carbonyl (C=O) groups is 1. The van der Waals surface area contributed by atoms with Crippen molar-refractivity contribution in [3.8, 4) is 0 Å². The second-order valence-electron chi connectivity index (χ2n) is 8.77. The number of aliphatic hydroxyl groups is 1. The molecular formula is C30H38O3. The molecule has 2 aromatic carbocycles. The first-order chi connectivity index (χ1) is 16.0. The molecule has 1 N–H and O–H groups in total. The molecule has 0 aliphatic rings. The molecular weight excluding hydrogens is 408 g/mol. The lowest BCUT2D eigenvalue weighted by molar-refractivity contribution is -0.141. The minimum atomic E-state index is -0.429. The van der Waals surface area contributed by atoms with Crippen molar-refractivity contribution in [1.82, 2.24) is 0 Å². The number of ether oxygens (including phenoxy) is 1. The average molecular weight is 447 g/mol. The van der Waals surface area contributed by atoms with E-state index < -0.39 is 6.10 Å². The predicted octanol–water partition coefficient (Wildman–Crippen LogP) is 7.35. The Morgan fingerprint density at radius 3 is 2.09 bits per heavy atom. The minimum Gasteiger partial charge on any atom is -0.449 e. The number of hydrogen-bond donors (Lipinski definition) is 1. The van der Waals surface area contributed by atoms with Crippen molar-refractivity contribution in [3.63, 3.8) is 0 Å². The number of aliphatic hydroxyl groups excluding tert-OH is 1. The summed E-state index contributed by atoms with van der Waals surface area (Å²) in [4.78, 5) is 12.7. The highest BCUT2D eigenvalue weighted by molar-refractivity contribution is 5.83. The molecule has 1 atom stereocenters. The second-order valence-corrected chi connectivity index (χ2v) is 8.77. The van der Waals surface area contributed by atoms with Crippen LogP contribution in [0.1, 0.15) is 70.1 Å². The Labute approximate surface area is 199 Å². The van der Waals surface area contributed by atoms with E-state index in [1.54, 1.807) is 12.2 Å². The molecule has 3 nitrogen and oxygen atoms in total. The highest BCUT2D eigenvalue weighted by atomic mass is 16.5. The molecule has 0 fully saturated rings. The summed E-state index contributed by atoms with van der Waals surface area (Å²) >= 11 is 0. The maximum Gasteiger partial charge on any atom is 0.331 e. The largest absolute Gasteiger partial charge is 0.449 e. The van der Waals surface area contributed by atoms with Crippen LogP contribution in [0.25, 0.3) is 0 Å². The molecule has 0 aromatic heterocycles. The van der Waals surface area contributed by atoms with E-state index in [4.69, 9.17) is 9.84 Å². The third-order valence-corrected chi connectivity index (χ3v) is 5.52. The summed E-state index contributed by atoms with van der Waals surface area (Å²) in [6, 6.07) is 19.7. The SMILES string of the molecule is CC(=C\C(=O)OC(c1ccccc1)c1ccccc1)/C=C(\C)C[C@H](C)CCCC/C=C\CO. The van der Waals surface area contributed by atoms with Crippen LogP contribution in [0, 0.1) is 5.92 Å². The van der Waals surface area contributed by atoms with Crippen molar-refractivity contribution < 1.29 is 14.6 Å². The molecule has 0 radical (unpaired) electrons. The van der Waals surface area contributed by atoms with Crippen LogP contribution in [0.15, 0.2) is 96.1 Å². The Morgan fingerprint density at radius 2 is 1.52 bits per heavy atom. The van der Waals surface area contributed by atoms with E-state index in [0.29, 0.717) is 5.92 Å². The van der Waals surface area contributed by atoms with E-state index in [-0.39, 0.29) is 12.6 Å². The molecule has 0 saturated carbocycles. The fraction of sp³-hybridized carbons (Fsp3) is 0.367. The fourth-order valence-corrected chi connectivity index (χ4v) is 4.01. The van der Waals surface area contributed by atoms with Gasteiger partial charge in [-0.1, -0.05) is 104 Å². The molecule has 0 bridgehead atoms. The molecule has 2 aromatic rings. The zero-order chi connectivity index (χ0) is 23.9.